The first-order chi connectivity index (χ1) is 12.7. The number of hydrogen-bond donors (Lipinski definition) is 1. The second-order valence-corrected chi connectivity index (χ2v) is 7.79. The lowest BCUT2D eigenvalue weighted by atomic mass is 9.82. The number of benzene rings is 1. The summed E-state index contributed by atoms with van der Waals surface area (Å²) in [6.07, 6.45) is 9.72. The van der Waals surface area contributed by atoms with E-state index in [4.69, 9.17) is 4.74 Å². The van der Waals surface area contributed by atoms with Crippen molar-refractivity contribution < 1.29 is 9.84 Å². The molecule has 1 atom stereocenters. The normalized spacial score (nSPS) is 20.2. The molecular formula is C21H29N3O2. The van der Waals surface area contributed by atoms with Crippen LogP contribution in [0.2, 0.25) is 0 Å². The highest BCUT2D eigenvalue weighted by Crippen LogP contribution is 2.36. The van der Waals surface area contributed by atoms with E-state index in [0.29, 0.717) is 12.5 Å². The minimum absolute atomic E-state index is 0.351. The molecule has 0 radical (unpaired) electrons. The lowest BCUT2D eigenvalue weighted by Gasteiger charge is -2.27. The number of nitrogens with zero attached hydrogens (tertiary/aromatic N) is 3. The minimum atomic E-state index is -0.351. The number of aromatic nitrogens is 2. The van der Waals surface area contributed by atoms with Crippen LogP contribution in [0.1, 0.15) is 54.9 Å². The number of aliphatic hydroxyl groups is 1. The first-order valence-corrected chi connectivity index (χ1v) is 9.82. The molecule has 0 saturated heterocycles. The molecule has 1 fully saturated rings. The van der Waals surface area contributed by atoms with Gasteiger partial charge in [-0.05, 0) is 36.5 Å². The average Bonchev–Trinajstić information content (AvgIpc) is 2.96. The molecule has 1 saturated carbocycles. The van der Waals surface area contributed by atoms with Crippen molar-refractivity contribution in [2.75, 3.05) is 13.2 Å². The van der Waals surface area contributed by atoms with Gasteiger partial charge in [-0.3, -0.25) is 9.58 Å². The smallest absolute Gasteiger partial charge is 0.123 e. The van der Waals surface area contributed by atoms with E-state index in [0.717, 1.165) is 43.8 Å². The highest BCUT2D eigenvalue weighted by atomic mass is 16.5. The highest BCUT2D eigenvalue weighted by Gasteiger charge is 2.24. The summed E-state index contributed by atoms with van der Waals surface area (Å²) in [5.41, 5.74) is 3.44. The van der Waals surface area contributed by atoms with Crippen molar-refractivity contribution in [1.82, 2.24) is 14.7 Å². The Morgan fingerprint density at radius 1 is 1.27 bits per heavy atom. The molecule has 4 rings (SSSR count). The quantitative estimate of drug-likeness (QED) is 0.913. The van der Waals surface area contributed by atoms with Gasteiger partial charge in [0.05, 0.1) is 12.3 Å². The maximum atomic E-state index is 10.9. The molecule has 2 aliphatic rings. The summed E-state index contributed by atoms with van der Waals surface area (Å²) in [5.74, 6) is 1.36. The predicted octanol–water partition coefficient (Wildman–Crippen LogP) is 3.43. The maximum absolute atomic E-state index is 10.9. The first-order valence-electron chi connectivity index (χ1n) is 9.82. The van der Waals surface area contributed by atoms with Gasteiger partial charge in [0.15, 0.2) is 0 Å². The molecule has 2 heterocycles. The maximum Gasteiger partial charge on any atom is 0.123 e. The number of aliphatic hydroxyl groups excluding tert-OH is 1. The van der Waals surface area contributed by atoms with E-state index in [1.54, 1.807) is 0 Å². The number of hydrogen-bond acceptors (Lipinski definition) is 4. The van der Waals surface area contributed by atoms with Gasteiger partial charge in [-0.15, -0.1) is 0 Å². The molecule has 5 heteroatoms. The van der Waals surface area contributed by atoms with E-state index in [9.17, 15) is 5.11 Å². The van der Waals surface area contributed by atoms with Gasteiger partial charge in [0.25, 0.3) is 0 Å². The third-order valence-corrected chi connectivity index (χ3v) is 5.75. The number of aryl methyl sites for hydroxylation is 1. The SMILES string of the molecule is Cn1cc(CN2CCOc3ccc(C(O)C4CCCCC4)cc3C2)cn1. The highest BCUT2D eigenvalue weighted by molar-refractivity contribution is 5.39. The molecule has 1 aromatic carbocycles. The zero-order chi connectivity index (χ0) is 17.9. The Balaban J connectivity index is 1.50. The molecule has 26 heavy (non-hydrogen) atoms. The third-order valence-electron chi connectivity index (χ3n) is 5.75. The number of rotatable bonds is 4. The number of fused-ring (bicyclic) bond motifs is 1. The van der Waals surface area contributed by atoms with Gasteiger partial charge in [-0.1, -0.05) is 25.3 Å². The van der Waals surface area contributed by atoms with Gasteiger partial charge in [0, 0.05) is 44.0 Å². The topological polar surface area (TPSA) is 50.5 Å². The van der Waals surface area contributed by atoms with E-state index in [1.165, 1.54) is 30.4 Å². The minimum Gasteiger partial charge on any atom is -0.492 e. The van der Waals surface area contributed by atoms with Crippen LogP contribution in [0.4, 0.5) is 0 Å². The van der Waals surface area contributed by atoms with E-state index >= 15 is 0 Å². The molecule has 2 aromatic rings. The van der Waals surface area contributed by atoms with Crippen LogP contribution < -0.4 is 4.74 Å². The summed E-state index contributed by atoms with van der Waals surface area (Å²) in [6.45, 7) is 3.30. The fraction of sp³-hybridized carbons (Fsp3) is 0.571. The summed E-state index contributed by atoms with van der Waals surface area (Å²) >= 11 is 0. The van der Waals surface area contributed by atoms with Crippen LogP contribution >= 0.6 is 0 Å². The molecule has 0 spiro atoms. The van der Waals surface area contributed by atoms with Gasteiger partial charge >= 0.3 is 0 Å². The Labute approximate surface area is 155 Å². The number of ether oxygens (including phenoxy) is 1. The fourth-order valence-corrected chi connectivity index (χ4v) is 4.32. The van der Waals surface area contributed by atoms with Crippen molar-refractivity contribution in [2.24, 2.45) is 13.0 Å². The van der Waals surface area contributed by atoms with Crippen LogP contribution in [0, 0.1) is 5.92 Å². The van der Waals surface area contributed by atoms with Crippen LogP contribution in [0.25, 0.3) is 0 Å². The lowest BCUT2D eigenvalue weighted by Crippen LogP contribution is -2.25. The van der Waals surface area contributed by atoms with E-state index in [2.05, 4.69) is 28.3 Å². The Hall–Kier alpha value is -1.85. The van der Waals surface area contributed by atoms with Crippen molar-refractivity contribution in [3.8, 4) is 5.75 Å². The van der Waals surface area contributed by atoms with Crippen LogP contribution in [0.3, 0.4) is 0 Å². The van der Waals surface area contributed by atoms with E-state index in [1.807, 2.05) is 24.0 Å². The van der Waals surface area contributed by atoms with Crippen molar-refractivity contribution in [1.29, 1.82) is 0 Å². The molecule has 1 aliphatic carbocycles. The summed E-state index contributed by atoms with van der Waals surface area (Å²) in [7, 11) is 1.95. The molecule has 1 unspecified atom stereocenters. The summed E-state index contributed by atoms with van der Waals surface area (Å²) in [6, 6.07) is 6.26. The third kappa shape index (κ3) is 3.94. The van der Waals surface area contributed by atoms with Gasteiger partial charge < -0.3 is 9.84 Å². The van der Waals surface area contributed by atoms with Gasteiger partial charge in [-0.2, -0.15) is 5.10 Å². The van der Waals surface area contributed by atoms with E-state index in [-0.39, 0.29) is 6.10 Å². The molecule has 1 N–H and O–H groups in total. The molecule has 1 aliphatic heterocycles. The lowest BCUT2D eigenvalue weighted by molar-refractivity contribution is 0.0847. The fourth-order valence-electron chi connectivity index (χ4n) is 4.32. The van der Waals surface area contributed by atoms with Gasteiger partial charge in [0.2, 0.25) is 0 Å². The Bertz CT molecular complexity index is 737. The summed E-state index contributed by atoms with van der Waals surface area (Å²) in [5, 5.41) is 15.1. The molecule has 0 bridgehead atoms. The van der Waals surface area contributed by atoms with Crippen molar-refractivity contribution in [3.63, 3.8) is 0 Å². The zero-order valence-electron chi connectivity index (χ0n) is 15.6. The van der Waals surface area contributed by atoms with Crippen LogP contribution in [0.5, 0.6) is 5.75 Å². The Morgan fingerprint density at radius 2 is 2.12 bits per heavy atom. The van der Waals surface area contributed by atoms with Crippen molar-refractivity contribution in [3.05, 3.63) is 47.3 Å². The zero-order valence-corrected chi connectivity index (χ0v) is 15.6. The van der Waals surface area contributed by atoms with Gasteiger partial charge in [-0.25, -0.2) is 0 Å². The predicted molar refractivity (Wildman–Crippen MR) is 101 cm³/mol. The standard InChI is InChI=1S/C21H29N3O2/c1-23-13-16(12-22-23)14-24-9-10-26-20-8-7-18(11-19(20)15-24)21(25)17-5-3-2-4-6-17/h7-8,11-13,17,21,25H,2-6,9-10,14-15H2,1H3. The molecular weight excluding hydrogens is 326 g/mol. The first kappa shape index (κ1) is 17.6. The monoisotopic (exact) mass is 355 g/mol. The molecule has 1 aromatic heterocycles. The van der Waals surface area contributed by atoms with Crippen molar-refractivity contribution in [2.45, 2.75) is 51.3 Å². The van der Waals surface area contributed by atoms with Crippen LogP contribution in [0.15, 0.2) is 30.6 Å². The molecule has 140 valence electrons. The molecule has 0 amide bonds. The van der Waals surface area contributed by atoms with E-state index < -0.39 is 0 Å². The van der Waals surface area contributed by atoms with Crippen molar-refractivity contribution >= 4 is 0 Å². The average molecular weight is 355 g/mol. The molecule has 5 nitrogen and oxygen atoms in total. The Kier molecular flexibility index (Phi) is 5.27. The van der Waals surface area contributed by atoms with Gasteiger partial charge in [0.1, 0.15) is 12.4 Å². The van der Waals surface area contributed by atoms with Crippen LogP contribution in [-0.2, 0) is 20.1 Å². The summed E-state index contributed by atoms with van der Waals surface area (Å²) < 4.78 is 7.80. The summed E-state index contributed by atoms with van der Waals surface area (Å²) in [4.78, 5) is 2.39. The van der Waals surface area contributed by atoms with Crippen LogP contribution in [-0.4, -0.2) is 32.9 Å². The second-order valence-electron chi connectivity index (χ2n) is 7.79. The second kappa shape index (κ2) is 7.80. The largest absolute Gasteiger partial charge is 0.492 e. The Morgan fingerprint density at radius 3 is 2.88 bits per heavy atom.